The predicted octanol–water partition coefficient (Wildman–Crippen LogP) is 4.40. The van der Waals surface area contributed by atoms with Crippen molar-refractivity contribution >= 4 is 23.3 Å². The quantitative estimate of drug-likeness (QED) is 0.513. The fourth-order valence-corrected chi connectivity index (χ4v) is 5.16. The minimum Gasteiger partial charge on any atom is -0.354 e. The van der Waals surface area contributed by atoms with Gasteiger partial charge in [-0.3, -0.25) is 9.69 Å². The Morgan fingerprint density at radius 3 is 2.37 bits per heavy atom. The normalized spacial score (nSPS) is 19.1. The number of hydrogen-bond acceptors (Lipinski definition) is 5. The monoisotopic (exact) mass is 489 g/mol. The topological polar surface area (TPSA) is 52.6 Å². The van der Waals surface area contributed by atoms with Crippen LogP contribution in [0.15, 0.2) is 66.7 Å². The van der Waals surface area contributed by atoms with E-state index in [1.54, 1.807) is 0 Å². The lowest BCUT2D eigenvalue weighted by atomic mass is 9.96. The van der Waals surface area contributed by atoms with Gasteiger partial charge in [-0.05, 0) is 49.1 Å². The molecule has 0 radical (unpaired) electrons. The zero-order valence-electron chi connectivity index (χ0n) is 20.0. The Morgan fingerprint density at radius 2 is 1.66 bits per heavy atom. The van der Waals surface area contributed by atoms with Crippen LogP contribution in [0.4, 0.5) is 5.82 Å². The molecule has 35 heavy (non-hydrogen) atoms. The highest BCUT2D eigenvalue weighted by Gasteiger charge is 2.31. The molecule has 0 spiro atoms. The van der Waals surface area contributed by atoms with Gasteiger partial charge in [-0.15, -0.1) is 10.2 Å². The van der Waals surface area contributed by atoms with Crippen molar-refractivity contribution in [3.8, 4) is 11.3 Å². The number of anilines is 1. The maximum Gasteiger partial charge on any atom is 0.227 e. The van der Waals surface area contributed by atoms with E-state index in [9.17, 15) is 4.79 Å². The molecular formula is C28H32ClN5O. The van der Waals surface area contributed by atoms with E-state index in [1.165, 1.54) is 5.56 Å². The van der Waals surface area contributed by atoms with E-state index in [1.807, 2.05) is 36.4 Å². The zero-order valence-corrected chi connectivity index (χ0v) is 20.8. The molecule has 0 bridgehead atoms. The number of aromatic nitrogens is 2. The van der Waals surface area contributed by atoms with Crippen molar-refractivity contribution in [3.05, 3.63) is 77.3 Å². The van der Waals surface area contributed by atoms with Gasteiger partial charge >= 0.3 is 0 Å². The van der Waals surface area contributed by atoms with Gasteiger partial charge in [0.05, 0.1) is 11.6 Å². The minimum absolute atomic E-state index is 0.0253. The standard InChI is InChI=1S/C28H32ClN5O/c29-25-10-8-23(9-11-25)26-12-13-27(31-30-26)34-15-4-7-24(21-34)28(35)33-19-17-32(18-20-33)16-14-22-5-2-1-3-6-22/h1-3,5-6,8-13,24H,4,7,14-21H2/t24-/m1/s1. The fourth-order valence-electron chi connectivity index (χ4n) is 5.04. The lowest BCUT2D eigenvalue weighted by molar-refractivity contribution is -0.137. The Bertz CT molecular complexity index is 1100. The number of piperidine rings is 1. The SMILES string of the molecule is O=C([C@@H]1CCCN(c2ccc(-c3ccc(Cl)cc3)nn2)C1)N1CCN(CCc2ccccc2)CC1. The van der Waals surface area contributed by atoms with Crippen molar-refractivity contribution in [2.45, 2.75) is 19.3 Å². The van der Waals surface area contributed by atoms with Crippen LogP contribution in [0.2, 0.25) is 5.02 Å². The van der Waals surface area contributed by atoms with E-state index in [0.717, 1.165) is 75.6 Å². The van der Waals surface area contributed by atoms with Gasteiger partial charge in [-0.1, -0.05) is 54.1 Å². The van der Waals surface area contributed by atoms with Crippen LogP contribution in [0.5, 0.6) is 0 Å². The molecule has 182 valence electrons. The van der Waals surface area contributed by atoms with Crippen LogP contribution < -0.4 is 4.90 Å². The summed E-state index contributed by atoms with van der Waals surface area (Å²) in [6, 6.07) is 22.2. The summed E-state index contributed by atoms with van der Waals surface area (Å²) in [5.41, 5.74) is 3.18. The van der Waals surface area contributed by atoms with Gasteiger partial charge in [0.25, 0.3) is 0 Å². The van der Waals surface area contributed by atoms with Crippen molar-refractivity contribution in [2.24, 2.45) is 5.92 Å². The molecule has 1 aromatic heterocycles. The van der Waals surface area contributed by atoms with E-state index in [0.29, 0.717) is 17.5 Å². The van der Waals surface area contributed by atoms with Crippen molar-refractivity contribution < 1.29 is 4.79 Å². The smallest absolute Gasteiger partial charge is 0.227 e. The number of amides is 1. The van der Waals surface area contributed by atoms with E-state index in [4.69, 9.17) is 11.6 Å². The van der Waals surface area contributed by atoms with E-state index in [-0.39, 0.29) is 5.92 Å². The van der Waals surface area contributed by atoms with Gasteiger partial charge in [0, 0.05) is 56.4 Å². The Labute approximate surface area is 212 Å². The number of hydrogen-bond donors (Lipinski definition) is 0. The summed E-state index contributed by atoms with van der Waals surface area (Å²) in [5, 5.41) is 9.60. The van der Waals surface area contributed by atoms with E-state index in [2.05, 4.69) is 55.2 Å². The fraction of sp³-hybridized carbons (Fsp3) is 0.393. The first-order chi connectivity index (χ1) is 17.2. The second kappa shape index (κ2) is 11.2. The molecule has 6 nitrogen and oxygen atoms in total. The van der Waals surface area contributed by atoms with E-state index >= 15 is 0 Å². The lowest BCUT2D eigenvalue weighted by Crippen LogP contribution is -2.52. The first-order valence-electron chi connectivity index (χ1n) is 12.6. The van der Waals surface area contributed by atoms with Crippen molar-refractivity contribution in [1.82, 2.24) is 20.0 Å². The molecule has 0 saturated carbocycles. The third-order valence-corrected chi connectivity index (χ3v) is 7.38. The zero-order chi connectivity index (χ0) is 24.0. The molecule has 0 unspecified atom stereocenters. The molecule has 2 aliphatic heterocycles. The van der Waals surface area contributed by atoms with Crippen molar-refractivity contribution in [3.63, 3.8) is 0 Å². The molecule has 0 N–H and O–H groups in total. The number of nitrogens with zero attached hydrogens (tertiary/aromatic N) is 5. The van der Waals surface area contributed by atoms with Crippen molar-refractivity contribution in [1.29, 1.82) is 0 Å². The Hall–Kier alpha value is -2.96. The van der Waals surface area contributed by atoms with Gasteiger partial charge in [-0.2, -0.15) is 0 Å². The molecule has 2 fully saturated rings. The average Bonchev–Trinajstić information content (AvgIpc) is 2.93. The predicted molar refractivity (Wildman–Crippen MR) is 141 cm³/mol. The molecule has 5 rings (SSSR count). The van der Waals surface area contributed by atoms with Gasteiger partial charge in [0.2, 0.25) is 5.91 Å². The number of benzene rings is 2. The molecular weight excluding hydrogens is 458 g/mol. The molecule has 2 aliphatic rings. The summed E-state index contributed by atoms with van der Waals surface area (Å²) in [6.07, 6.45) is 3.00. The molecule has 2 saturated heterocycles. The Morgan fingerprint density at radius 1 is 0.886 bits per heavy atom. The molecule has 7 heteroatoms. The molecule has 0 aliphatic carbocycles. The first-order valence-corrected chi connectivity index (χ1v) is 12.9. The van der Waals surface area contributed by atoms with Gasteiger partial charge in [0.15, 0.2) is 5.82 Å². The van der Waals surface area contributed by atoms with Crippen LogP contribution in [0.3, 0.4) is 0 Å². The number of piperazine rings is 1. The highest BCUT2D eigenvalue weighted by molar-refractivity contribution is 6.30. The first kappa shape index (κ1) is 23.8. The Balaban J connectivity index is 1.13. The summed E-state index contributed by atoms with van der Waals surface area (Å²) < 4.78 is 0. The van der Waals surface area contributed by atoms with Crippen LogP contribution in [-0.4, -0.2) is 71.7 Å². The third kappa shape index (κ3) is 6.00. The van der Waals surface area contributed by atoms with Gasteiger partial charge in [0.1, 0.15) is 0 Å². The highest BCUT2D eigenvalue weighted by atomic mass is 35.5. The van der Waals surface area contributed by atoms with Gasteiger partial charge < -0.3 is 9.80 Å². The minimum atomic E-state index is 0.0253. The average molecular weight is 490 g/mol. The largest absolute Gasteiger partial charge is 0.354 e. The summed E-state index contributed by atoms with van der Waals surface area (Å²) in [4.78, 5) is 20.1. The van der Waals surface area contributed by atoms with Crippen molar-refractivity contribution in [2.75, 3.05) is 50.7 Å². The summed E-state index contributed by atoms with van der Waals surface area (Å²) >= 11 is 5.99. The van der Waals surface area contributed by atoms with Crippen LogP contribution in [0.25, 0.3) is 11.3 Å². The molecule has 2 aromatic carbocycles. The van der Waals surface area contributed by atoms with Crippen LogP contribution in [0.1, 0.15) is 18.4 Å². The number of halogens is 1. The highest BCUT2D eigenvalue weighted by Crippen LogP contribution is 2.25. The van der Waals surface area contributed by atoms with Crippen LogP contribution in [-0.2, 0) is 11.2 Å². The molecule has 1 amide bonds. The molecule has 1 atom stereocenters. The summed E-state index contributed by atoms with van der Waals surface area (Å²) in [7, 11) is 0. The number of carbonyl (C=O) groups is 1. The van der Waals surface area contributed by atoms with Crippen LogP contribution >= 0.6 is 11.6 Å². The number of rotatable bonds is 6. The summed E-state index contributed by atoms with van der Waals surface area (Å²) in [6.45, 7) is 6.21. The molecule has 3 heterocycles. The maximum atomic E-state index is 13.3. The second-order valence-electron chi connectivity index (χ2n) is 9.47. The maximum absolute atomic E-state index is 13.3. The van der Waals surface area contributed by atoms with E-state index < -0.39 is 0 Å². The summed E-state index contributed by atoms with van der Waals surface area (Å²) in [5.74, 6) is 1.16. The lowest BCUT2D eigenvalue weighted by Gasteiger charge is -2.39. The third-order valence-electron chi connectivity index (χ3n) is 7.13. The second-order valence-corrected chi connectivity index (χ2v) is 9.91. The van der Waals surface area contributed by atoms with Gasteiger partial charge in [-0.25, -0.2) is 0 Å². The molecule has 3 aromatic rings. The Kier molecular flexibility index (Phi) is 7.60. The van der Waals surface area contributed by atoms with Crippen LogP contribution in [0, 0.1) is 5.92 Å². The number of carbonyl (C=O) groups excluding carboxylic acids is 1.